The number of aromatic nitrogens is 1. The second-order valence-corrected chi connectivity index (χ2v) is 15.0. The van der Waals surface area contributed by atoms with E-state index in [-0.39, 0.29) is 11.7 Å². The minimum Gasteiger partial charge on any atom is -0.496 e. The Balaban J connectivity index is 1.26. The molecule has 9 heteroatoms. The van der Waals surface area contributed by atoms with Gasteiger partial charge in [-0.05, 0) is 102 Å². The van der Waals surface area contributed by atoms with Crippen molar-refractivity contribution in [2.24, 2.45) is 5.92 Å². The number of anilines is 1. The maximum atomic E-state index is 12.7. The van der Waals surface area contributed by atoms with Gasteiger partial charge in [0.15, 0.2) is 5.13 Å². The molecule has 0 unspecified atom stereocenters. The minimum atomic E-state index is -0.532. The summed E-state index contributed by atoms with van der Waals surface area (Å²) >= 11 is 1.70. The lowest BCUT2D eigenvalue weighted by Gasteiger charge is -2.33. The Hall–Kier alpha value is -3.30. The molecule has 0 aliphatic carbocycles. The number of methoxy groups -OCH3 is 1. The number of thiazole rings is 1. The minimum absolute atomic E-state index is 0.0912. The number of amides is 1. The van der Waals surface area contributed by atoms with Gasteiger partial charge < -0.3 is 28.7 Å². The first-order chi connectivity index (χ1) is 21.3. The van der Waals surface area contributed by atoms with Crippen molar-refractivity contribution in [3.05, 3.63) is 58.0 Å². The summed E-state index contributed by atoms with van der Waals surface area (Å²) in [5, 5.41) is 3.21. The molecule has 1 aromatic heterocycles. The molecule has 2 aromatic carbocycles. The maximum Gasteiger partial charge on any atom is 0.410 e. The van der Waals surface area contributed by atoms with E-state index < -0.39 is 5.60 Å². The second kappa shape index (κ2) is 13.6. The molecule has 2 aliphatic heterocycles. The zero-order chi connectivity index (χ0) is 32.4. The first kappa shape index (κ1) is 33.1. The average molecular weight is 636 g/mol. The fraction of sp³-hybridized carbons (Fsp3) is 0.556. The first-order valence-corrected chi connectivity index (χ1v) is 16.9. The van der Waals surface area contributed by atoms with E-state index >= 15 is 0 Å². The van der Waals surface area contributed by atoms with Crippen molar-refractivity contribution >= 4 is 22.6 Å². The van der Waals surface area contributed by atoms with Crippen LogP contribution in [0.25, 0.3) is 11.3 Å². The number of nitrogens with zero attached hydrogens (tertiary/aromatic N) is 3. The molecule has 0 radical (unpaired) electrons. The molecule has 1 saturated heterocycles. The summed E-state index contributed by atoms with van der Waals surface area (Å²) in [6, 6.07) is 10.4. The Kier molecular flexibility index (Phi) is 9.99. The molecule has 244 valence electrons. The van der Waals surface area contributed by atoms with E-state index in [4.69, 9.17) is 23.9 Å². The Labute approximate surface area is 272 Å². The van der Waals surface area contributed by atoms with Gasteiger partial charge >= 0.3 is 6.09 Å². The van der Waals surface area contributed by atoms with Crippen LogP contribution in [0.4, 0.5) is 9.93 Å². The Morgan fingerprint density at radius 2 is 1.80 bits per heavy atom. The second-order valence-electron chi connectivity index (χ2n) is 14.2. The summed E-state index contributed by atoms with van der Waals surface area (Å²) in [5.74, 6) is 2.21. The molecule has 2 aliphatic rings. The van der Waals surface area contributed by atoms with Crippen LogP contribution in [-0.2, 0) is 29.0 Å². The van der Waals surface area contributed by atoms with E-state index in [9.17, 15) is 4.79 Å². The van der Waals surface area contributed by atoms with Crippen LogP contribution in [0.2, 0.25) is 0 Å². The number of ether oxygens (including phenoxy) is 4. The molecular weight excluding hydrogens is 586 g/mol. The van der Waals surface area contributed by atoms with Crippen LogP contribution in [0.1, 0.15) is 76.6 Å². The highest BCUT2D eigenvalue weighted by Gasteiger charge is 2.28. The van der Waals surface area contributed by atoms with Crippen molar-refractivity contribution in [1.29, 1.82) is 0 Å². The molecule has 45 heavy (non-hydrogen) atoms. The lowest BCUT2D eigenvalue weighted by Crippen LogP contribution is -2.40. The lowest BCUT2D eigenvalue weighted by molar-refractivity contribution is -0.0257. The number of hydrogen-bond acceptors (Lipinski definition) is 8. The van der Waals surface area contributed by atoms with E-state index in [0.29, 0.717) is 25.6 Å². The third-order valence-corrected chi connectivity index (χ3v) is 9.13. The van der Waals surface area contributed by atoms with Crippen molar-refractivity contribution in [3.63, 3.8) is 0 Å². The van der Waals surface area contributed by atoms with Gasteiger partial charge in [-0.25, -0.2) is 9.78 Å². The number of carbonyl (C=O) groups excluding carboxylic acids is 1. The molecule has 1 fully saturated rings. The Bertz CT molecular complexity index is 1460. The molecule has 8 nitrogen and oxygen atoms in total. The van der Waals surface area contributed by atoms with Gasteiger partial charge in [-0.1, -0.05) is 18.2 Å². The van der Waals surface area contributed by atoms with Crippen molar-refractivity contribution in [1.82, 2.24) is 9.88 Å². The topological polar surface area (TPSA) is 73.4 Å². The standard InChI is InChI=1S/C36H49N3O5S/c1-24-10-9-11-28(30-23-45-33(37-30)38-15-12-25(13-16-38)22-43-35(2,3)4)32(24)42-21-26-18-27-14-17-39(34(40)44-36(5,6)7)20-29(27)31(19-26)41-8/h9-11,18-19,23,25H,12-17,20-22H2,1-8H3. The zero-order valence-electron chi connectivity index (χ0n) is 28.2. The third kappa shape index (κ3) is 8.50. The molecule has 0 bridgehead atoms. The smallest absolute Gasteiger partial charge is 0.410 e. The summed E-state index contributed by atoms with van der Waals surface area (Å²) in [6.07, 6.45) is 2.67. The quantitative estimate of drug-likeness (QED) is 0.248. The predicted octanol–water partition coefficient (Wildman–Crippen LogP) is 8.03. The van der Waals surface area contributed by atoms with Gasteiger partial charge in [-0.3, -0.25) is 0 Å². The number of para-hydroxylation sites is 1. The monoisotopic (exact) mass is 635 g/mol. The van der Waals surface area contributed by atoms with E-state index in [1.54, 1.807) is 23.3 Å². The number of aryl methyl sites for hydroxylation is 1. The summed E-state index contributed by atoms with van der Waals surface area (Å²) in [5.41, 5.74) is 5.62. The van der Waals surface area contributed by atoms with Crippen LogP contribution in [-0.4, -0.2) is 60.5 Å². The van der Waals surface area contributed by atoms with E-state index in [1.807, 2.05) is 26.8 Å². The molecule has 1 amide bonds. The number of rotatable bonds is 8. The van der Waals surface area contributed by atoms with E-state index in [2.05, 4.69) is 62.2 Å². The van der Waals surface area contributed by atoms with Gasteiger partial charge in [0.1, 0.15) is 23.7 Å². The molecule has 3 heterocycles. The maximum absolute atomic E-state index is 12.7. The van der Waals surface area contributed by atoms with E-state index in [1.165, 1.54) is 5.56 Å². The fourth-order valence-corrected chi connectivity index (χ4v) is 6.71. The molecule has 3 aromatic rings. The van der Waals surface area contributed by atoms with Crippen molar-refractivity contribution < 1.29 is 23.7 Å². The van der Waals surface area contributed by atoms with Crippen molar-refractivity contribution in [2.45, 2.75) is 92.1 Å². The zero-order valence-corrected chi connectivity index (χ0v) is 29.0. The highest BCUT2D eigenvalue weighted by atomic mass is 32.1. The molecule has 5 rings (SSSR count). The fourth-order valence-electron chi connectivity index (χ4n) is 5.84. The Morgan fingerprint density at radius 3 is 2.49 bits per heavy atom. The SMILES string of the molecule is COc1cc(COc2c(C)cccc2-c2csc(N3CCC(COC(C)(C)C)CC3)n2)cc2c1CN(C(=O)OC(C)(C)C)CC2. The van der Waals surface area contributed by atoms with Gasteiger partial charge in [-0.2, -0.15) is 0 Å². The largest absolute Gasteiger partial charge is 0.496 e. The average Bonchev–Trinajstić information content (AvgIpc) is 3.48. The van der Waals surface area contributed by atoms with Crippen LogP contribution in [0.15, 0.2) is 35.7 Å². The number of benzene rings is 2. The predicted molar refractivity (Wildman–Crippen MR) is 181 cm³/mol. The van der Waals surface area contributed by atoms with Gasteiger partial charge in [0.2, 0.25) is 0 Å². The highest BCUT2D eigenvalue weighted by Crippen LogP contribution is 2.38. The van der Waals surface area contributed by atoms with E-state index in [0.717, 1.165) is 83.5 Å². The van der Waals surface area contributed by atoms with Gasteiger partial charge in [-0.15, -0.1) is 11.3 Å². The molecule has 0 saturated carbocycles. The van der Waals surface area contributed by atoms with Gasteiger partial charge in [0.25, 0.3) is 0 Å². The van der Waals surface area contributed by atoms with Crippen LogP contribution in [0.5, 0.6) is 11.5 Å². The van der Waals surface area contributed by atoms with Crippen molar-refractivity contribution in [3.8, 4) is 22.8 Å². The molecular formula is C36H49N3O5S. The Morgan fingerprint density at radius 1 is 1.04 bits per heavy atom. The summed E-state index contributed by atoms with van der Waals surface area (Å²) < 4.78 is 24.0. The number of hydrogen-bond donors (Lipinski definition) is 0. The highest BCUT2D eigenvalue weighted by molar-refractivity contribution is 7.14. The lowest BCUT2D eigenvalue weighted by atomic mass is 9.96. The van der Waals surface area contributed by atoms with Crippen LogP contribution in [0, 0.1) is 12.8 Å². The summed E-state index contributed by atoms with van der Waals surface area (Å²) in [7, 11) is 1.67. The molecule has 0 atom stereocenters. The van der Waals surface area contributed by atoms with Gasteiger partial charge in [0, 0.05) is 36.1 Å². The van der Waals surface area contributed by atoms with Crippen LogP contribution in [0.3, 0.4) is 0 Å². The number of piperidine rings is 1. The number of carbonyl (C=O) groups is 1. The molecule has 0 N–H and O–H groups in total. The third-order valence-electron chi connectivity index (χ3n) is 8.23. The van der Waals surface area contributed by atoms with Gasteiger partial charge in [0.05, 0.1) is 31.6 Å². The normalized spacial score (nSPS) is 16.0. The number of fused-ring (bicyclic) bond motifs is 1. The van der Waals surface area contributed by atoms with Crippen LogP contribution >= 0.6 is 11.3 Å². The van der Waals surface area contributed by atoms with Crippen LogP contribution < -0.4 is 14.4 Å². The molecule has 0 spiro atoms. The first-order valence-electron chi connectivity index (χ1n) is 16.0. The van der Waals surface area contributed by atoms with Crippen molar-refractivity contribution in [2.75, 3.05) is 38.3 Å². The summed E-state index contributed by atoms with van der Waals surface area (Å²) in [4.78, 5) is 21.9. The summed E-state index contributed by atoms with van der Waals surface area (Å²) in [6.45, 7) is 18.4.